The number of nitrogens with zero attached hydrogens (tertiary/aromatic N) is 3. The van der Waals surface area contributed by atoms with Crippen molar-refractivity contribution in [3.63, 3.8) is 0 Å². The lowest BCUT2D eigenvalue weighted by atomic mass is 9.97. The molecule has 138 valence electrons. The summed E-state index contributed by atoms with van der Waals surface area (Å²) in [5.41, 5.74) is 2.14. The normalized spacial score (nSPS) is 17.5. The van der Waals surface area contributed by atoms with Gasteiger partial charge in [0, 0.05) is 32.7 Å². The molecule has 0 saturated carbocycles. The minimum atomic E-state index is -0.498. The number of carbonyl (C=O) groups is 1. The Morgan fingerprint density at radius 3 is 2.73 bits per heavy atom. The molecule has 0 aromatic heterocycles. The molecule has 1 N–H and O–H groups in total. The van der Waals surface area contributed by atoms with Crippen molar-refractivity contribution >= 4 is 11.7 Å². The zero-order valence-corrected chi connectivity index (χ0v) is 15.0. The van der Waals surface area contributed by atoms with Gasteiger partial charge >= 0.3 is 6.03 Å². The van der Waals surface area contributed by atoms with E-state index in [1.165, 1.54) is 24.5 Å². The molecular weight excluding hydrogens is 331 g/mol. The Kier molecular flexibility index (Phi) is 6.11. The first-order valence-electron chi connectivity index (χ1n) is 9.33. The Morgan fingerprint density at radius 2 is 2.04 bits per heavy atom. The van der Waals surface area contributed by atoms with Crippen LogP contribution in [0.3, 0.4) is 0 Å². The molecule has 26 heavy (non-hydrogen) atoms. The highest BCUT2D eigenvalue weighted by Crippen LogP contribution is 2.24. The summed E-state index contributed by atoms with van der Waals surface area (Å²) in [5.74, 6) is -0.498. The lowest BCUT2D eigenvalue weighted by Gasteiger charge is -2.36. The topological polar surface area (TPSA) is 59.4 Å². The van der Waals surface area contributed by atoms with Crippen molar-refractivity contribution in [1.82, 2.24) is 10.2 Å². The fourth-order valence-electron chi connectivity index (χ4n) is 3.61. The van der Waals surface area contributed by atoms with E-state index in [1.807, 2.05) is 11.0 Å². The number of amides is 2. The highest BCUT2D eigenvalue weighted by atomic mass is 19.1. The van der Waals surface area contributed by atoms with Gasteiger partial charge in [-0.15, -0.1) is 0 Å². The maximum absolute atomic E-state index is 13.8. The maximum Gasteiger partial charge on any atom is 0.317 e. The van der Waals surface area contributed by atoms with Crippen LogP contribution in [0.4, 0.5) is 14.9 Å². The first-order valence-corrected chi connectivity index (χ1v) is 9.33. The zero-order valence-electron chi connectivity index (χ0n) is 15.0. The summed E-state index contributed by atoms with van der Waals surface area (Å²) in [4.78, 5) is 16.1. The number of piperazine rings is 1. The van der Waals surface area contributed by atoms with Gasteiger partial charge in [-0.25, -0.2) is 9.18 Å². The summed E-state index contributed by atoms with van der Waals surface area (Å²) in [6.45, 7) is 2.99. The fraction of sp³-hybridized carbons (Fsp3) is 0.500. The summed E-state index contributed by atoms with van der Waals surface area (Å²) in [7, 11) is 0. The molecule has 1 aromatic carbocycles. The highest BCUT2D eigenvalue weighted by Gasteiger charge is 2.23. The first kappa shape index (κ1) is 18.2. The van der Waals surface area contributed by atoms with E-state index in [0.29, 0.717) is 38.4 Å². The van der Waals surface area contributed by atoms with E-state index in [4.69, 9.17) is 0 Å². The Hall–Kier alpha value is -2.55. The number of anilines is 1. The standard InChI is InChI=1S/C20H25FN4O/c21-18-7-4-8-19(17(18)15-22)24-11-13-25(14-12-24)20(26)23-10-9-16-5-2-1-3-6-16/h4-5,7-8H,1-3,6,9-14H2,(H,23,26). The molecule has 1 heterocycles. The van der Waals surface area contributed by atoms with Crippen LogP contribution in [-0.2, 0) is 0 Å². The van der Waals surface area contributed by atoms with Gasteiger partial charge in [-0.3, -0.25) is 0 Å². The number of halogens is 1. The summed E-state index contributed by atoms with van der Waals surface area (Å²) in [5, 5.41) is 12.2. The van der Waals surface area contributed by atoms with Crippen LogP contribution in [0, 0.1) is 17.1 Å². The van der Waals surface area contributed by atoms with Gasteiger partial charge in [0.25, 0.3) is 0 Å². The van der Waals surface area contributed by atoms with Crippen molar-refractivity contribution in [3.8, 4) is 6.07 Å². The highest BCUT2D eigenvalue weighted by molar-refractivity contribution is 5.74. The van der Waals surface area contributed by atoms with Crippen molar-refractivity contribution in [3.05, 3.63) is 41.2 Å². The number of benzene rings is 1. The molecule has 3 rings (SSSR count). The van der Waals surface area contributed by atoms with Crippen LogP contribution in [0.2, 0.25) is 0 Å². The average molecular weight is 356 g/mol. The predicted octanol–water partition coefficient (Wildman–Crippen LogP) is 3.42. The molecule has 1 aliphatic heterocycles. The molecule has 2 amide bonds. The molecule has 6 heteroatoms. The number of urea groups is 1. The number of hydrogen-bond acceptors (Lipinski definition) is 3. The van der Waals surface area contributed by atoms with Crippen molar-refractivity contribution < 1.29 is 9.18 Å². The third-order valence-corrected chi connectivity index (χ3v) is 5.12. The SMILES string of the molecule is N#Cc1c(F)cccc1N1CCN(C(=O)NCCC2=CCCCC2)CC1. The summed E-state index contributed by atoms with van der Waals surface area (Å²) in [6, 6.07) is 6.57. The van der Waals surface area contributed by atoms with Gasteiger partial charge in [-0.2, -0.15) is 5.26 Å². The van der Waals surface area contributed by atoms with E-state index in [9.17, 15) is 14.4 Å². The van der Waals surface area contributed by atoms with E-state index >= 15 is 0 Å². The Bertz CT molecular complexity index is 717. The number of carbonyl (C=O) groups excluding carboxylic acids is 1. The largest absolute Gasteiger partial charge is 0.367 e. The summed E-state index contributed by atoms with van der Waals surface area (Å²) >= 11 is 0. The van der Waals surface area contributed by atoms with Crippen LogP contribution in [0.15, 0.2) is 29.8 Å². The van der Waals surface area contributed by atoms with Gasteiger partial charge in [0.05, 0.1) is 5.69 Å². The van der Waals surface area contributed by atoms with E-state index in [-0.39, 0.29) is 11.6 Å². The lowest BCUT2D eigenvalue weighted by molar-refractivity contribution is 0.194. The van der Waals surface area contributed by atoms with Crippen molar-refractivity contribution in [2.24, 2.45) is 0 Å². The fourth-order valence-corrected chi connectivity index (χ4v) is 3.61. The molecule has 2 aliphatic rings. The average Bonchev–Trinajstić information content (AvgIpc) is 2.68. The number of nitrogens with one attached hydrogen (secondary N) is 1. The Morgan fingerprint density at radius 1 is 1.23 bits per heavy atom. The summed E-state index contributed by atoms with van der Waals surface area (Å²) in [6.07, 6.45) is 8.09. The predicted molar refractivity (Wildman–Crippen MR) is 99.5 cm³/mol. The minimum absolute atomic E-state index is 0.0409. The molecule has 0 atom stereocenters. The second-order valence-electron chi connectivity index (χ2n) is 6.81. The Labute approximate surface area is 154 Å². The van der Waals surface area contributed by atoms with Crippen LogP contribution in [0.25, 0.3) is 0 Å². The van der Waals surface area contributed by atoms with Crippen molar-refractivity contribution in [1.29, 1.82) is 5.26 Å². The number of hydrogen-bond donors (Lipinski definition) is 1. The van der Waals surface area contributed by atoms with Crippen molar-refractivity contribution in [2.45, 2.75) is 32.1 Å². The molecule has 1 aromatic rings. The zero-order chi connectivity index (χ0) is 18.4. The van der Waals surface area contributed by atoms with E-state index in [0.717, 1.165) is 19.3 Å². The van der Waals surface area contributed by atoms with Crippen LogP contribution >= 0.6 is 0 Å². The molecule has 1 aliphatic carbocycles. The van der Waals surface area contributed by atoms with Gasteiger partial charge < -0.3 is 15.1 Å². The molecule has 0 spiro atoms. The van der Waals surface area contributed by atoms with Gasteiger partial charge in [0.15, 0.2) is 0 Å². The second kappa shape index (κ2) is 8.70. The van der Waals surface area contributed by atoms with Crippen LogP contribution in [0.1, 0.15) is 37.7 Å². The van der Waals surface area contributed by atoms with Crippen molar-refractivity contribution in [2.75, 3.05) is 37.6 Å². The van der Waals surface area contributed by atoms with E-state index < -0.39 is 5.82 Å². The monoisotopic (exact) mass is 356 g/mol. The third kappa shape index (κ3) is 4.34. The molecule has 0 bridgehead atoms. The molecule has 1 fully saturated rings. The number of nitriles is 1. The number of allylic oxidation sites excluding steroid dienone is 1. The molecule has 5 nitrogen and oxygen atoms in total. The minimum Gasteiger partial charge on any atom is -0.367 e. The number of rotatable bonds is 4. The lowest BCUT2D eigenvalue weighted by Crippen LogP contribution is -2.52. The van der Waals surface area contributed by atoms with Gasteiger partial charge in [0.1, 0.15) is 17.4 Å². The second-order valence-corrected chi connectivity index (χ2v) is 6.81. The van der Waals surface area contributed by atoms with Crippen LogP contribution < -0.4 is 10.2 Å². The third-order valence-electron chi connectivity index (χ3n) is 5.12. The molecular formula is C20H25FN4O. The van der Waals surface area contributed by atoms with E-state index in [2.05, 4.69) is 11.4 Å². The maximum atomic E-state index is 13.8. The molecule has 0 unspecified atom stereocenters. The molecule has 0 radical (unpaired) electrons. The summed E-state index contributed by atoms with van der Waals surface area (Å²) < 4.78 is 13.8. The van der Waals surface area contributed by atoms with Crippen LogP contribution in [-0.4, -0.2) is 43.7 Å². The first-order chi connectivity index (χ1) is 12.7. The smallest absolute Gasteiger partial charge is 0.317 e. The Balaban J connectivity index is 1.47. The van der Waals surface area contributed by atoms with Gasteiger partial charge in [-0.05, 0) is 44.2 Å². The van der Waals surface area contributed by atoms with Gasteiger partial charge in [0.2, 0.25) is 0 Å². The van der Waals surface area contributed by atoms with E-state index in [1.54, 1.807) is 17.0 Å². The van der Waals surface area contributed by atoms with Crippen LogP contribution in [0.5, 0.6) is 0 Å². The van der Waals surface area contributed by atoms with Gasteiger partial charge in [-0.1, -0.05) is 17.7 Å². The quantitative estimate of drug-likeness (QED) is 0.841. The molecule has 1 saturated heterocycles.